The summed E-state index contributed by atoms with van der Waals surface area (Å²) in [5.74, 6) is 0. The predicted molar refractivity (Wildman–Crippen MR) is 92.9 cm³/mol. The van der Waals surface area contributed by atoms with E-state index >= 15 is 0 Å². The van der Waals surface area contributed by atoms with E-state index in [0.29, 0.717) is 0 Å². The van der Waals surface area contributed by atoms with Crippen molar-refractivity contribution in [2.45, 2.75) is 48.0 Å². The zero-order valence-corrected chi connectivity index (χ0v) is 14.0. The minimum absolute atomic E-state index is 1.11. The van der Waals surface area contributed by atoms with Gasteiger partial charge in [0.15, 0.2) is 0 Å². The van der Waals surface area contributed by atoms with E-state index in [4.69, 9.17) is 0 Å². The number of hydrogen-bond donors (Lipinski definition) is 0. The van der Waals surface area contributed by atoms with Gasteiger partial charge in [0, 0.05) is 0 Å². The number of rotatable bonds is 1. The Bertz CT molecular complexity index is 753. The third-order valence-corrected chi connectivity index (χ3v) is 4.90. The monoisotopic (exact) mass is 276 g/mol. The largest absolute Gasteiger partial charge is 0.0683 e. The van der Waals surface area contributed by atoms with Crippen LogP contribution in [0.1, 0.15) is 45.9 Å². The highest BCUT2D eigenvalue weighted by Gasteiger charge is 2.21. The standard InChI is InChI=1S/C21H24/c1-12-7-13(2)9-18(8-12)21-17(6)15(4)16(5)19-10-14(3)11-20(19)21/h7-9,11H,10H2,1-6H3. The Morgan fingerprint density at radius 1 is 0.714 bits per heavy atom. The van der Waals surface area contributed by atoms with E-state index in [2.05, 4.69) is 65.8 Å². The van der Waals surface area contributed by atoms with Gasteiger partial charge in [0.05, 0.1) is 0 Å². The van der Waals surface area contributed by atoms with Crippen LogP contribution in [0.15, 0.2) is 23.8 Å². The predicted octanol–water partition coefficient (Wildman–Crippen LogP) is 5.86. The van der Waals surface area contributed by atoms with Crippen LogP contribution < -0.4 is 0 Å². The molecule has 21 heavy (non-hydrogen) atoms. The lowest BCUT2D eigenvalue weighted by Crippen LogP contribution is -2.00. The van der Waals surface area contributed by atoms with E-state index in [1.54, 1.807) is 0 Å². The molecule has 0 aromatic heterocycles. The molecule has 0 amide bonds. The number of allylic oxidation sites excluding steroid dienone is 1. The highest BCUT2D eigenvalue weighted by atomic mass is 14.3. The topological polar surface area (TPSA) is 0 Å². The molecule has 0 spiro atoms. The summed E-state index contributed by atoms with van der Waals surface area (Å²) < 4.78 is 0. The average Bonchev–Trinajstić information content (AvgIpc) is 2.77. The summed E-state index contributed by atoms with van der Waals surface area (Å²) in [6, 6.07) is 6.90. The van der Waals surface area contributed by atoms with Gasteiger partial charge in [-0.3, -0.25) is 0 Å². The van der Waals surface area contributed by atoms with Crippen LogP contribution >= 0.6 is 0 Å². The number of benzene rings is 2. The molecule has 0 atom stereocenters. The Kier molecular flexibility index (Phi) is 3.28. The number of hydrogen-bond acceptors (Lipinski definition) is 0. The van der Waals surface area contributed by atoms with E-state index in [1.807, 2.05) is 0 Å². The van der Waals surface area contributed by atoms with Crippen LogP contribution in [0.4, 0.5) is 0 Å². The SMILES string of the molecule is CC1=Cc2c(c(C)c(C)c(C)c2-c2cc(C)cc(C)c2)C1. The van der Waals surface area contributed by atoms with E-state index in [9.17, 15) is 0 Å². The van der Waals surface area contributed by atoms with Crippen LogP contribution in [0.2, 0.25) is 0 Å². The maximum atomic E-state index is 2.39. The second-order valence-electron chi connectivity index (χ2n) is 6.69. The summed E-state index contributed by atoms with van der Waals surface area (Å²) >= 11 is 0. The van der Waals surface area contributed by atoms with Crippen LogP contribution in [0.3, 0.4) is 0 Å². The Balaban J connectivity index is 2.37. The highest BCUT2D eigenvalue weighted by Crippen LogP contribution is 2.40. The van der Waals surface area contributed by atoms with Gasteiger partial charge in [-0.05, 0) is 86.9 Å². The summed E-state index contributed by atoms with van der Waals surface area (Å²) in [6.45, 7) is 13.4. The van der Waals surface area contributed by atoms with Crippen molar-refractivity contribution in [2.75, 3.05) is 0 Å². The van der Waals surface area contributed by atoms with Gasteiger partial charge in [0.1, 0.15) is 0 Å². The van der Waals surface area contributed by atoms with Gasteiger partial charge < -0.3 is 0 Å². The maximum Gasteiger partial charge on any atom is -0.00576 e. The van der Waals surface area contributed by atoms with Crippen molar-refractivity contribution in [1.82, 2.24) is 0 Å². The minimum Gasteiger partial charge on any atom is -0.0683 e. The van der Waals surface area contributed by atoms with Crippen molar-refractivity contribution in [3.05, 3.63) is 62.7 Å². The Morgan fingerprint density at radius 2 is 1.33 bits per heavy atom. The third kappa shape index (κ3) is 2.23. The molecule has 2 aromatic rings. The van der Waals surface area contributed by atoms with Crippen LogP contribution in [0.25, 0.3) is 17.2 Å². The fourth-order valence-electron chi connectivity index (χ4n) is 3.70. The molecule has 0 nitrogen and oxygen atoms in total. The normalized spacial score (nSPS) is 13.3. The molecule has 1 aliphatic carbocycles. The number of aryl methyl sites for hydroxylation is 2. The Morgan fingerprint density at radius 3 is 1.95 bits per heavy atom. The van der Waals surface area contributed by atoms with E-state index in [1.165, 1.54) is 55.6 Å². The molecule has 108 valence electrons. The van der Waals surface area contributed by atoms with E-state index < -0.39 is 0 Å². The molecular formula is C21H24. The number of fused-ring (bicyclic) bond motifs is 1. The van der Waals surface area contributed by atoms with Crippen LogP contribution in [0.5, 0.6) is 0 Å². The first-order valence-electron chi connectivity index (χ1n) is 7.77. The summed E-state index contributed by atoms with van der Waals surface area (Å²) in [5, 5.41) is 0. The van der Waals surface area contributed by atoms with Crippen LogP contribution in [-0.4, -0.2) is 0 Å². The van der Waals surface area contributed by atoms with Crippen molar-refractivity contribution in [3.63, 3.8) is 0 Å². The first kappa shape index (κ1) is 14.1. The molecule has 3 rings (SSSR count). The van der Waals surface area contributed by atoms with Gasteiger partial charge in [-0.25, -0.2) is 0 Å². The molecular weight excluding hydrogens is 252 g/mol. The van der Waals surface area contributed by atoms with Crippen LogP contribution in [0, 0.1) is 34.6 Å². The molecule has 0 bridgehead atoms. The zero-order valence-electron chi connectivity index (χ0n) is 14.0. The Labute approximate surface area is 128 Å². The second kappa shape index (κ2) is 4.87. The van der Waals surface area contributed by atoms with Gasteiger partial charge >= 0.3 is 0 Å². The average molecular weight is 276 g/mol. The maximum absolute atomic E-state index is 2.39. The van der Waals surface area contributed by atoms with Crippen molar-refractivity contribution < 1.29 is 0 Å². The summed E-state index contributed by atoms with van der Waals surface area (Å²) in [6.07, 6.45) is 3.50. The second-order valence-corrected chi connectivity index (χ2v) is 6.69. The molecule has 0 heterocycles. The van der Waals surface area contributed by atoms with E-state index in [-0.39, 0.29) is 0 Å². The van der Waals surface area contributed by atoms with Gasteiger partial charge in [-0.1, -0.05) is 41.0 Å². The summed E-state index contributed by atoms with van der Waals surface area (Å²) in [5.41, 5.74) is 14.3. The van der Waals surface area contributed by atoms with Crippen LogP contribution in [-0.2, 0) is 6.42 Å². The molecule has 0 heteroatoms. The van der Waals surface area contributed by atoms with E-state index in [0.717, 1.165) is 6.42 Å². The van der Waals surface area contributed by atoms with Gasteiger partial charge in [-0.15, -0.1) is 0 Å². The smallest absolute Gasteiger partial charge is 0.00576 e. The molecule has 0 fully saturated rings. The van der Waals surface area contributed by atoms with Crippen molar-refractivity contribution >= 4 is 6.08 Å². The molecule has 0 saturated carbocycles. The highest BCUT2D eigenvalue weighted by molar-refractivity contribution is 5.85. The van der Waals surface area contributed by atoms with Gasteiger partial charge in [-0.2, -0.15) is 0 Å². The fourth-order valence-corrected chi connectivity index (χ4v) is 3.70. The summed E-state index contributed by atoms with van der Waals surface area (Å²) in [7, 11) is 0. The lowest BCUT2D eigenvalue weighted by molar-refractivity contribution is 1.13. The van der Waals surface area contributed by atoms with Gasteiger partial charge in [0.2, 0.25) is 0 Å². The lowest BCUT2D eigenvalue weighted by Gasteiger charge is -2.19. The molecule has 2 aromatic carbocycles. The molecule has 1 aliphatic rings. The molecule has 0 N–H and O–H groups in total. The quantitative estimate of drug-likeness (QED) is 0.612. The lowest BCUT2D eigenvalue weighted by atomic mass is 9.85. The van der Waals surface area contributed by atoms with Crippen molar-refractivity contribution in [2.24, 2.45) is 0 Å². The fraction of sp³-hybridized carbons (Fsp3) is 0.333. The summed E-state index contributed by atoms with van der Waals surface area (Å²) in [4.78, 5) is 0. The van der Waals surface area contributed by atoms with Crippen molar-refractivity contribution in [3.8, 4) is 11.1 Å². The molecule has 0 unspecified atom stereocenters. The molecule has 0 aliphatic heterocycles. The first-order chi connectivity index (χ1) is 9.88. The minimum atomic E-state index is 1.11. The van der Waals surface area contributed by atoms with Crippen molar-refractivity contribution in [1.29, 1.82) is 0 Å². The first-order valence-corrected chi connectivity index (χ1v) is 7.77. The molecule has 0 saturated heterocycles. The Hall–Kier alpha value is -1.82. The third-order valence-electron chi connectivity index (χ3n) is 4.90. The zero-order chi connectivity index (χ0) is 15.3. The van der Waals surface area contributed by atoms with Gasteiger partial charge in [0.25, 0.3) is 0 Å². The molecule has 0 radical (unpaired) electrons.